The van der Waals surface area contributed by atoms with Gasteiger partial charge in [0, 0.05) is 29.3 Å². The van der Waals surface area contributed by atoms with E-state index in [0.717, 1.165) is 34.1 Å². The van der Waals surface area contributed by atoms with Crippen molar-refractivity contribution in [1.82, 2.24) is 0 Å². The summed E-state index contributed by atoms with van der Waals surface area (Å²) >= 11 is 1.57. The number of halogens is 4. The minimum absolute atomic E-state index is 0.0440. The first kappa shape index (κ1) is 25.9. The number of nitrogens with two attached hydrogens (primary N) is 1. The van der Waals surface area contributed by atoms with Gasteiger partial charge in [-0.15, -0.1) is 13.2 Å². The van der Waals surface area contributed by atoms with Crippen LogP contribution in [0.2, 0.25) is 0 Å². The third-order valence-electron chi connectivity index (χ3n) is 5.13. The Kier molecular flexibility index (Phi) is 7.58. The normalized spacial score (nSPS) is 16.2. The zero-order valence-electron chi connectivity index (χ0n) is 19.3. The van der Waals surface area contributed by atoms with Gasteiger partial charge in [-0.05, 0) is 48.9 Å². The average molecular weight is 529 g/mol. The van der Waals surface area contributed by atoms with Crippen LogP contribution in [0, 0.1) is 11.2 Å². The molecule has 0 radical (unpaired) electrons. The molecule has 190 valence electrons. The number of nitrogens with zero attached hydrogens (tertiary/aromatic N) is 4. The van der Waals surface area contributed by atoms with E-state index in [1.807, 2.05) is 17.3 Å². The fourth-order valence-electron chi connectivity index (χ4n) is 3.35. The number of hydrogen-bond donors (Lipinski definition) is 2. The third kappa shape index (κ3) is 6.73. The predicted molar refractivity (Wildman–Crippen MR) is 139 cm³/mol. The van der Waals surface area contributed by atoms with Crippen molar-refractivity contribution in [1.29, 1.82) is 5.41 Å². The second kappa shape index (κ2) is 10.8. The first-order chi connectivity index (χ1) is 17.6. The molecule has 37 heavy (non-hydrogen) atoms. The Morgan fingerprint density at radius 3 is 2.46 bits per heavy atom. The van der Waals surface area contributed by atoms with Crippen LogP contribution >= 0.6 is 11.9 Å². The van der Waals surface area contributed by atoms with E-state index in [1.54, 1.807) is 42.3 Å². The lowest BCUT2D eigenvalue weighted by atomic mass is 10.0. The molecule has 0 aliphatic carbocycles. The van der Waals surface area contributed by atoms with Crippen LogP contribution in [0.25, 0.3) is 0 Å². The van der Waals surface area contributed by atoms with Crippen molar-refractivity contribution in [3.63, 3.8) is 0 Å². The lowest BCUT2D eigenvalue weighted by molar-refractivity contribution is -0.274. The van der Waals surface area contributed by atoms with E-state index in [0.29, 0.717) is 11.3 Å². The van der Waals surface area contributed by atoms with Crippen LogP contribution in [0.4, 0.5) is 28.9 Å². The van der Waals surface area contributed by atoms with Crippen molar-refractivity contribution in [3.8, 4) is 5.75 Å². The van der Waals surface area contributed by atoms with E-state index < -0.39 is 6.36 Å². The lowest BCUT2D eigenvalue weighted by Crippen LogP contribution is -2.16. The molecule has 1 fully saturated rings. The lowest BCUT2D eigenvalue weighted by Gasteiger charge is -2.16. The number of anilines is 1. The molecule has 12 heteroatoms. The van der Waals surface area contributed by atoms with Crippen molar-refractivity contribution in [2.24, 2.45) is 20.7 Å². The predicted octanol–water partition coefficient (Wildman–Crippen LogP) is 6.37. The van der Waals surface area contributed by atoms with Crippen molar-refractivity contribution in [2.75, 3.05) is 4.31 Å². The first-order valence-corrected chi connectivity index (χ1v) is 11.6. The molecular weight excluding hydrogens is 508 g/mol. The maximum absolute atomic E-state index is 13.4. The van der Waals surface area contributed by atoms with Crippen LogP contribution < -0.4 is 14.8 Å². The first-order valence-electron chi connectivity index (χ1n) is 10.8. The number of fused-ring (bicyclic) bond motifs is 3. The molecule has 1 unspecified atom stereocenters. The Labute approximate surface area is 214 Å². The summed E-state index contributed by atoms with van der Waals surface area (Å²) in [6.07, 6.45) is -2.30. The molecule has 0 bridgehead atoms. The van der Waals surface area contributed by atoms with Crippen molar-refractivity contribution >= 4 is 46.9 Å². The van der Waals surface area contributed by atoms with E-state index in [4.69, 9.17) is 11.1 Å². The summed E-state index contributed by atoms with van der Waals surface area (Å²) in [5.41, 5.74) is 9.29. The molecule has 1 atom stereocenters. The molecule has 3 aromatic rings. The molecule has 3 N–H and O–H groups in total. The largest absolute Gasteiger partial charge is 0.573 e. The van der Waals surface area contributed by atoms with Gasteiger partial charge in [0.05, 0.1) is 17.4 Å². The summed E-state index contributed by atoms with van der Waals surface area (Å²) in [5, 5.41) is 8.12. The topological polar surface area (TPSA) is 99.2 Å². The molecule has 5 rings (SSSR count). The highest BCUT2D eigenvalue weighted by atomic mass is 32.2. The van der Waals surface area contributed by atoms with Crippen LogP contribution in [0.3, 0.4) is 0 Å². The maximum Gasteiger partial charge on any atom is 0.573 e. The summed E-state index contributed by atoms with van der Waals surface area (Å²) in [4.78, 5) is 12.3. The highest BCUT2D eigenvalue weighted by Gasteiger charge is 2.39. The van der Waals surface area contributed by atoms with Gasteiger partial charge < -0.3 is 15.9 Å². The van der Waals surface area contributed by atoms with Gasteiger partial charge in [0.25, 0.3) is 0 Å². The standard InChI is InChI=1S/C16H13F3N4O.C9H7FN2S/c17-16(18,19)24-14-7-5-13(6-8-14)22-10-23-15(21)12-3-1-11(9-20)2-4-12;1-5-8-6(10)3-2-4-7(8)12-9(11-5)13-12/h1-10,20H,(H2,21,22,23);2-5H,1H3. The molecule has 0 spiro atoms. The van der Waals surface area contributed by atoms with Gasteiger partial charge in [-0.25, -0.2) is 14.4 Å². The van der Waals surface area contributed by atoms with Crippen LogP contribution in [0.15, 0.2) is 81.7 Å². The van der Waals surface area contributed by atoms with Gasteiger partial charge in [-0.1, -0.05) is 30.3 Å². The molecule has 3 aromatic carbocycles. The highest BCUT2D eigenvalue weighted by Crippen LogP contribution is 2.48. The fraction of sp³-hybridized carbons (Fsp3) is 0.120. The van der Waals surface area contributed by atoms with Gasteiger partial charge in [-0.2, -0.15) is 0 Å². The zero-order valence-corrected chi connectivity index (χ0v) is 20.1. The smallest absolute Gasteiger partial charge is 0.406 e. The van der Waals surface area contributed by atoms with Gasteiger partial charge in [0.1, 0.15) is 23.7 Å². The quantitative estimate of drug-likeness (QED) is 0.132. The average Bonchev–Trinajstić information content (AvgIpc) is 3.64. The minimum Gasteiger partial charge on any atom is -0.406 e. The summed E-state index contributed by atoms with van der Waals surface area (Å²) in [6.45, 7) is 1.92. The third-order valence-corrected chi connectivity index (χ3v) is 5.96. The van der Waals surface area contributed by atoms with Gasteiger partial charge in [0.15, 0.2) is 5.17 Å². The summed E-state index contributed by atoms with van der Waals surface area (Å²) in [5.74, 6) is -0.247. The van der Waals surface area contributed by atoms with E-state index in [2.05, 4.69) is 19.7 Å². The van der Waals surface area contributed by atoms with Crippen LogP contribution in [0.1, 0.15) is 29.7 Å². The number of hydrogen-bond acceptors (Lipinski definition) is 6. The van der Waals surface area contributed by atoms with Gasteiger partial charge in [-0.3, -0.25) is 9.30 Å². The Balaban J connectivity index is 0.000000204. The number of rotatable bonds is 5. The second-order valence-corrected chi connectivity index (χ2v) is 8.63. The maximum atomic E-state index is 13.4. The van der Waals surface area contributed by atoms with Crippen LogP contribution in [-0.2, 0) is 0 Å². The summed E-state index contributed by atoms with van der Waals surface area (Å²) in [7, 11) is 0. The molecule has 2 aliphatic rings. The Morgan fingerprint density at radius 2 is 1.81 bits per heavy atom. The van der Waals surface area contributed by atoms with Crippen molar-refractivity contribution < 1.29 is 22.3 Å². The summed E-state index contributed by atoms with van der Waals surface area (Å²) < 4.78 is 55.3. The zero-order chi connectivity index (χ0) is 26.6. The van der Waals surface area contributed by atoms with E-state index in [1.165, 1.54) is 30.8 Å². The SMILES string of the molecule is CC1N=C2SN2c2cccc(F)c21.N=Cc1ccc(C(N)=NC=Nc2ccc(OC(F)(F)F)cc2)cc1. The molecule has 0 saturated carbocycles. The number of benzene rings is 3. The van der Waals surface area contributed by atoms with Crippen molar-refractivity contribution in [2.45, 2.75) is 19.3 Å². The monoisotopic (exact) mass is 528 g/mol. The Hall–Kier alpha value is -4.19. The minimum atomic E-state index is -4.73. The summed E-state index contributed by atoms with van der Waals surface area (Å²) in [6, 6.07) is 17.0. The van der Waals surface area contributed by atoms with Crippen LogP contribution in [0.5, 0.6) is 5.75 Å². The molecule has 2 aliphatic heterocycles. The molecule has 1 saturated heterocycles. The molecule has 0 amide bonds. The molecular formula is C25H20F4N6OS. The molecule has 7 nitrogen and oxygen atoms in total. The Morgan fingerprint density at radius 1 is 1.11 bits per heavy atom. The van der Waals surface area contributed by atoms with Gasteiger partial charge in [0.2, 0.25) is 0 Å². The van der Waals surface area contributed by atoms with Crippen molar-refractivity contribution in [3.05, 3.63) is 89.2 Å². The van der Waals surface area contributed by atoms with E-state index in [-0.39, 0.29) is 23.4 Å². The van der Waals surface area contributed by atoms with Crippen LogP contribution in [-0.4, -0.2) is 29.9 Å². The number of aliphatic imine (C=N–C) groups is 3. The number of alkyl halides is 3. The molecule has 0 aromatic heterocycles. The van der Waals surface area contributed by atoms with Gasteiger partial charge >= 0.3 is 6.36 Å². The van der Waals surface area contributed by atoms with E-state index in [9.17, 15) is 17.6 Å². The highest BCUT2D eigenvalue weighted by molar-refractivity contribution is 8.26. The molecule has 2 heterocycles. The fourth-order valence-corrected chi connectivity index (χ4v) is 4.08. The second-order valence-electron chi connectivity index (χ2n) is 7.71. The number of ether oxygens (including phenoxy) is 1. The number of nitrogens with one attached hydrogen (secondary N) is 1. The number of amidine groups is 2. The Bertz CT molecular complexity index is 1370. The van der Waals surface area contributed by atoms with E-state index >= 15 is 0 Å².